The lowest BCUT2D eigenvalue weighted by Crippen LogP contribution is -2.20. The molecule has 0 aliphatic rings. The van der Waals surface area contributed by atoms with E-state index in [2.05, 4.69) is 31.2 Å². The summed E-state index contributed by atoms with van der Waals surface area (Å²) in [6.07, 6.45) is 1.38. The van der Waals surface area contributed by atoms with Crippen molar-refractivity contribution in [3.8, 4) is 5.75 Å². The third kappa shape index (κ3) is 6.94. The number of sulfonamides is 1. The maximum Gasteiger partial charge on any atom is 0.276 e. The summed E-state index contributed by atoms with van der Waals surface area (Å²) in [5.74, 6) is 0.224. The zero-order chi connectivity index (χ0) is 22.3. The van der Waals surface area contributed by atoms with Crippen LogP contribution in [0.4, 0.5) is 5.69 Å². The molecule has 9 heteroatoms. The molecule has 3 aromatic carbocycles. The number of rotatable bonds is 8. The minimum Gasteiger partial charge on any atom is -0.484 e. The number of ether oxygens (including phenoxy) is 1. The lowest BCUT2D eigenvalue weighted by molar-refractivity contribution is -0.118. The Morgan fingerprint density at radius 2 is 1.65 bits per heavy atom. The summed E-state index contributed by atoms with van der Waals surface area (Å²) in [7, 11) is -3.72. The fourth-order valence-corrected chi connectivity index (χ4v) is 3.53. The van der Waals surface area contributed by atoms with E-state index in [-0.39, 0.29) is 17.4 Å². The van der Waals surface area contributed by atoms with Gasteiger partial charge in [-0.1, -0.05) is 33.6 Å². The lowest BCUT2D eigenvalue weighted by Gasteiger charge is -2.08. The van der Waals surface area contributed by atoms with E-state index in [4.69, 9.17) is 4.74 Å². The van der Waals surface area contributed by atoms with Gasteiger partial charge in [0.2, 0.25) is 0 Å². The topological polar surface area (TPSA) is 96.9 Å². The summed E-state index contributed by atoms with van der Waals surface area (Å²) in [5.41, 5.74) is 2.31. The van der Waals surface area contributed by atoms with Crippen LogP contribution in [0.1, 0.15) is 11.1 Å². The largest absolute Gasteiger partial charge is 0.484 e. The number of anilines is 1. The van der Waals surface area contributed by atoms with Crippen molar-refractivity contribution in [3.05, 3.63) is 88.4 Å². The predicted octanol–water partition coefficient (Wildman–Crippen LogP) is 4.09. The number of benzene rings is 3. The highest BCUT2D eigenvalue weighted by molar-refractivity contribution is 9.10. The number of hydrogen-bond donors (Lipinski definition) is 2. The standard InChI is InChI=1S/C22H20BrN3O4S/c1-16-2-12-21(13-3-16)31(28,29)26-24-14-17-4-10-20(11-5-17)30-15-22(27)25-19-8-6-18(23)7-9-19/h2-14,26H,15H2,1H3,(H,25,27)/b24-14-. The van der Waals surface area contributed by atoms with Gasteiger partial charge in [-0.25, -0.2) is 4.83 Å². The number of hydrogen-bond acceptors (Lipinski definition) is 5. The molecule has 0 heterocycles. The molecule has 0 unspecified atom stereocenters. The van der Waals surface area contributed by atoms with E-state index in [0.717, 1.165) is 10.0 Å². The van der Waals surface area contributed by atoms with E-state index in [0.29, 0.717) is 17.0 Å². The number of carbonyl (C=O) groups excluding carboxylic acids is 1. The van der Waals surface area contributed by atoms with Crippen LogP contribution in [0, 0.1) is 6.92 Å². The highest BCUT2D eigenvalue weighted by Gasteiger charge is 2.11. The molecule has 7 nitrogen and oxygen atoms in total. The Kier molecular flexibility index (Phi) is 7.43. The first-order chi connectivity index (χ1) is 14.8. The van der Waals surface area contributed by atoms with E-state index in [9.17, 15) is 13.2 Å². The SMILES string of the molecule is Cc1ccc(S(=O)(=O)N/N=C\c2ccc(OCC(=O)Nc3ccc(Br)cc3)cc2)cc1. The Bertz CT molecular complexity index is 1160. The Hall–Kier alpha value is -3.17. The predicted molar refractivity (Wildman–Crippen MR) is 124 cm³/mol. The molecule has 0 aliphatic carbocycles. The monoisotopic (exact) mass is 501 g/mol. The van der Waals surface area contributed by atoms with Crippen molar-refractivity contribution < 1.29 is 17.9 Å². The molecule has 0 aromatic heterocycles. The minimum absolute atomic E-state index is 0.139. The van der Waals surface area contributed by atoms with Gasteiger partial charge in [0.25, 0.3) is 15.9 Å². The summed E-state index contributed by atoms with van der Waals surface area (Å²) < 4.78 is 30.8. The number of amides is 1. The van der Waals surface area contributed by atoms with Crippen LogP contribution in [-0.4, -0.2) is 27.1 Å². The number of halogens is 1. The second kappa shape index (κ2) is 10.2. The molecule has 31 heavy (non-hydrogen) atoms. The summed E-state index contributed by atoms with van der Waals surface area (Å²) in [4.78, 5) is 14.3. The van der Waals surface area contributed by atoms with Gasteiger partial charge < -0.3 is 10.1 Å². The maximum atomic E-state index is 12.2. The smallest absolute Gasteiger partial charge is 0.276 e. The molecule has 160 valence electrons. The van der Waals surface area contributed by atoms with Crippen molar-refractivity contribution in [1.82, 2.24) is 4.83 Å². The van der Waals surface area contributed by atoms with Crippen LogP contribution >= 0.6 is 15.9 Å². The third-order valence-corrected chi connectivity index (χ3v) is 5.86. The summed E-state index contributed by atoms with van der Waals surface area (Å²) in [6.45, 7) is 1.74. The van der Waals surface area contributed by atoms with Crippen molar-refractivity contribution in [2.75, 3.05) is 11.9 Å². The number of aryl methyl sites for hydroxylation is 1. The van der Waals surface area contributed by atoms with Gasteiger partial charge in [0, 0.05) is 10.2 Å². The van der Waals surface area contributed by atoms with E-state index in [1.54, 1.807) is 48.5 Å². The number of hydrazone groups is 1. The Balaban J connectivity index is 1.49. The molecule has 0 aliphatic heterocycles. The summed E-state index contributed by atoms with van der Waals surface area (Å²) in [5, 5.41) is 6.54. The summed E-state index contributed by atoms with van der Waals surface area (Å²) >= 11 is 3.34. The lowest BCUT2D eigenvalue weighted by atomic mass is 10.2. The second-order valence-corrected chi connectivity index (χ2v) is 9.16. The molecule has 3 rings (SSSR count). The molecule has 3 aromatic rings. The van der Waals surface area contributed by atoms with Gasteiger partial charge in [-0.05, 0) is 73.2 Å². The fourth-order valence-electron chi connectivity index (χ4n) is 2.47. The van der Waals surface area contributed by atoms with E-state index < -0.39 is 10.0 Å². The van der Waals surface area contributed by atoms with Crippen molar-refractivity contribution in [1.29, 1.82) is 0 Å². The molecular formula is C22H20BrN3O4S. The first-order valence-electron chi connectivity index (χ1n) is 9.22. The quantitative estimate of drug-likeness (QED) is 0.358. The second-order valence-electron chi connectivity index (χ2n) is 6.58. The molecule has 0 bridgehead atoms. The highest BCUT2D eigenvalue weighted by atomic mass is 79.9. The Morgan fingerprint density at radius 1 is 1.00 bits per heavy atom. The highest BCUT2D eigenvalue weighted by Crippen LogP contribution is 2.15. The summed E-state index contributed by atoms with van der Waals surface area (Å²) in [6, 6.07) is 20.4. The van der Waals surface area contributed by atoms with Crippen LogP contribution < -0.4 is 14.9 Å². The van der Waals surface area contributed by atoms with Crippen LogP contribution in [0.25, 0.3) is 0 Å². The van der Waals surface area contributed by atoms with E-state index >= 15 is 0 Å². The fraction of sp³-hybridized carbons (Fsp3) is 0.0909. The van der Waals surface area contributed by atoms with Crippen LogP contribution in [0.5, 0.6) is 5.75 Å². The van der Waals surface area contributed by atoms with Gasteiger partial charge in [0.1, 0.15) is 5.75 Å². The van der Waals surface area contributed by atoms with Gasteiger partial charge in [-0.3, -0.25) is 4.79 Å². The van der Waals surface area contributed by atoms with Gasteiger partial charge >= 0.3 is 0 Å². The third-order valence-electron chi connectivity index (χ3n) is 4.10. The van der Waals surface area contributed by atoms with E-state index in [1.807, 2.05) is 19.1 Å². The number of carbonyl (C=O) groups is 1. The van der Waals surface area contributed by atoms with Crippen LogP contribution in [-0.2, 0) is 14.8 Å². The van der Waals surface area contributed by atoms with E-state index in [1.165, 1.54) is 18.3 Å². The van der Waals surface area contributed by atoms with Gasteiger partial charge in [-0.15, -0.1) is 0 Å². The molecule has 0 radical (unpaired) electrons. The normalized spacial score (nSPS) is 11.3. The van der Waals surface area contributed by atoms with Gasteiger partial charge in [0.15, 0.2) is 6.61 Å². The molecule has 0 spiro atoms. The average molecular weight is 502 g/mol. The molecule has 0 saturated carbocycles. The van der Waals surface area contributed by atoms with Crippen LogP contribution in [0.2, 0.25) is 0 Å². The van der Waals surface area contributed by atoms with Gasteiger partial charge in [-0.2, -0.15) is 13.5 Å². The molecule has 0 saturated heterocycles. The molecule has 1 amide bonds. The molecule has 0 fully saturated rings. The van der Waals surface area contributed by atoms with Crippen molar-refractivity contribution >= 4 is 43.8 Å². The number of nitrogens with zero attached hydrogens (tertiary/aromatic N) is 1. The maximum absolute atomic E-state index is 12.2. The Morgan fingerprint density at radius 3 is 2.29 bits per heavy atom. The molecular weight excluding hydrogens is 482 g/mol. The van der Waals surface area contributed by atoms with Crippen molar-refractivity contribution in [2.45, 2.75) is 11.8 Å². The van der Waals surface area contributed by atoms with Crippen molar-refractivity contribution in [2.24, 2.45) is 5.10 Å². The first-order valence-corrected chi connectivity index (χ1v) is 11.5. The molecule has 2 N–H and O–H groups in total. The van der Waals surface area contributed by atoms with Crippen LogP contribution in [0.15, 0.2) is 87.3 Å². The zero-order valence-corrected chi connectivity index (χ0v) is 19.0. The average Bonchev–Trinajstić information content (AvgIpc) is 2.75. The van der Waals surface area contributed by atoms with Crippen LogP contribution in [0.3, 0.4) is 0 Å². The first kappa shape index (κ1) is 22.5. The number of nitrogens with one attached hydrogen (secondary N) is 2. The minimum atomic E-state index is -3.72. The van der Waals surface area contributed by atoms with Crippen molar-refractivity contribution in [3.63, 3.8) is 0 Å². The molecule has 0 atom stereocenters. The zero-order valence-electron chi connectivity index (χ0n) is 16.6. The van der Waals surface area contributed by atoms with Gasteiger partial charge in [0.05, 0.1) is 11.1 Å². The Labute approximate surface area is 189 Å².